The smallest absolute Gasteiger partial charge is 0.176 e. The highest BCUT2D eigenvalue weighted by atomic mass is 15.4. The van der Waals surface area contributed by atoms with E-state index in [1.54, 1.807) is 12.4 Å². The number of rotatable bonds is 6. The van der Waals surface area contributed by atoms with Crippen LogP contribution >= 0.6 is 0 Å². The summed E-state index contributed by atoms with van der Waals surface area (Å²) >= 11 is 0. The van der Waals surface area contributed by atoms with Gasteiger partial charge in [0, 0.05) is 23.2 Å². The first-order valence-electron chi connectivity index (χ1n) is 7.75. The number of hydrazone groups is 2. The van der Waals surface area contributed by atoms with Crippen molar-refractivity contribution in [2.24, 2.45) is 10.2 Å². The zero-order chi connectivity index (χ0) is 17.4. The summed E-state index contributed by atoms with van der Waals surface area (Å²) in [6.07, 6.45) is 7.44. The van der Waals surface area contributed by atoms with E-state index in [9.17, 15) is 0 Å². The van der Waals surface area contributed by atoms with Crippen molar-refractivity contribution in [2.45, 2.75) is 27.7 Å². The zero-order valence-electron chi connectivity index (χ0n) is 14.4. The monoisotopic (exact) mass is 322 g/mol. The van der Waals surface area contributed by atoms with Crippen LogP contribution in [0.2, 0.25) is 0 Å². The molecule has 2 aromatic rings. The van der Waals surface area contributed by atoms with Crippen LogP contribution in [-0.4, -0.2) is 22.6 Å². The maximum atomic E-state index is 4.20. The van der Waals surface area contributed by atoms with E-state index in [2.05, 4.69) is 31.3 Å². The summed E-state index contributed by atoms with van der Waals surface area (Å²) in [6.45, 7) is 7.89. The van der Waals surface area contributed by atoms with Crippen LogP contribution in [0.5, 0.6) is 0 Å². The first-order chi connectivity index (χ1) is 11.7. The number of anilines is 2. The van der Waals surface area contributed by atoms with Crippen LogP contribution in [0.25, 0.3) is 10.8 Å². The lowest BCUT2D eigenvalue weighted by Gasteiger charge is -2.07. The van der Waals surface area contributed by atoms with Gasteiger partial charge in [0.05, 0.1) is 0 Å². The van der Waals surface area contributed by atoms with Gasteiger partial charge in [0.15, 0.2) is 11.6 Å². The topological polar surface area (TPSA) is 74.6 Å². The molecule has 124 valence electrons. The molecule has 0 unspecified atom stereocenters. The normalized spacial score (nSPS) is 13.2. The predicted octanol–water partition coefficient (Wildman–Crippen LogP) is 4.36. The first-order valence-corrected chi connectivity index (χ1v) is 7.75. The standard InChI is InChI=1S/C18H22N6/c1-5-13(3)11-19-21-17-15-9-7-8-10-16(15)18(24-23-17)22-20-12-14(4)6-2/h5-12H,1-4H3,(H,21,23)(H,22,24)/b13-5?,14-6?,19-11+,20-12+. The number of allylic oxidation sites excluding steroid dienone is 4. The molecule has 0 bridgehead atoms. The number of nitrogens with zero attached hydrogens (tertiary/aromatic N) is 4. The lowest BCUT2D eigenvalue weighted by Crippen LogP contribution is -2.01. The molecule has 0 saturated carbocycles. The number of hydrogen-bond acceptors (Lipinski definition) is 6. The average molecular weight is 322 g/mol. The van der Waals surface area contributed by atoms with Crippen LogP contribution < -0.4 is 10.9 Å². The van der Waals surface area contributed by atoms with Crippen molar-refractivity contribution in [3.05, 3.63) is 47.6 Å². The Labute approximate surface area is 142 Å². The molecule has 0 aliphatic heterocycles. The molecule has 1 aromatic carbocycles. The van der Waals surface area contributed by atoms with E-state index in [1.807, 2.05) is 64.1 Å². The Morgan fingerprint density at radius 2 is 1.25 bits per heavy atom. The summed E-state index contributed by atoms with van der Waals surface area (Å²) in [6, 6.07) is 7.84. The van der Waals surface area contributed by atoms with E-state index < -0.39 is 0 Å². The van der Waals surface area contributed by atoms with Crippen molar-refractivity contribution in [3.63, 3.8) is 0 Å². The van der Waals surface area contributed by atoms with Gasteiger partial charge in [-0.1, -0.05) is 36.4 Å². The van der Waals surface area contributed by atoms with Gasteiger partial charge < -0.3 is 0 Å². The number of hydrogen-bond donors (Lipinski definition) is 2. The Morgan fingerprint density at radius 3 is 1.62 bits per heavy atom. The molecule has 2 rings (SSSR count). The molecule has 6 heteroatoms. The fourth-order valence-electron chi connectivity index (χ4n) is 1.81. The van der Waals surface area contributed by atoms with Crippen LogP contribution in [0.15, 0.2) is 57.8 Å². The third-order valence-corrected chi connectivity index (χ3v) is 3.48. The van der Waals surface area contributed by atoms with Gasteiger partial charge in [-0.3, -0.25) is 10.9 Å². The molecule has 1 heterocycles. The van der Waals surface area contributed by atoms with Crippen LogP contribution in [0, 0.1) is 0 Å². The minimum Gasteiger partial charge on any atom is -0.259 e. The summed E-state index contributed by atoms with van der Waals surface area (Å²) in [5, 5.41) is 18.6. The van der Waals surface area contributed by atoms with Gasteiger partial charge in [0.1, 0.15) is 0 Å². The zero-order valence-corrected chi connectivity index (χ0v) is 14.4. The molecule has 2 N–H and O–H groups in total. The number of fused-ring (bicyclic) bond motifs is 1. The molecule has 0 atom stereocenters. The Morgan fingerprint density at radius 1 is 0.833 bits per heavy atom. The van der Waals surface area contributed by atoms with Gasteiger partial charge in [0.2, 0.25) is 0 Å². The lowest BCUT2D eigenvalue weighted by molar-refractivity contribution is 1.03. The van der Waals surface area contributed by atoms with Gasteiger partial charge in [-0.05, 0) is 38.8 Å². The van der Waals surface area contributed by atoms with E-state index in [0.29, 0.717) is 11.6 Å². The van der Waals surface area contributed by atoms with Crippen molar-refractivity contribution in [1.29, 1.82) is 0 Å². The van der Waals surface area contributed by atoms with E-state index >= 15 is 0 Å². The van der Waals surface area contributed by atoms with Crippen molar-refractivity contribution < 1.29 is 0 Å². The van der Waals surface area contributed by atoms with Crippen LogP contribution in [0.4, 0.5) is 11.6 Å². The minimum absolute atomic E-state index is 0.602. The fourth-order valence-corrected chi connectivity index (χ4v) is 1.81. The predicted molar refractivity (Wildman–Crippen MR) is 103 cm³/mol. The Balaban J connectivity index is 2.29. The molecule has 24 heavy (non-hydrogen) atoms. The molecule has 0 aliphatic carbocycles. The van der Waals surface area contributed by atoms with Crippen molar-refractivity contribution in [1.82, 2.24) is 10.2 Å². The summed E-state index contributed by atoms with van der Waals surface area (Å²) in [5.41, 5.74) is 8.01. The van der Waals surface area contributed by atoms with Gasteiger partial charge in [0.25, 0.3) is 0 Å². The Bertz CT molecular complexity index is 749. The number of benzene rings is 1. The first kappa shape index (κ1) is 17.3. The molecular formula is C18H22N6. The third-order valence-electron chi connectivity index (χ3n) is 3.48. The van der Waals surface area contributed by atoms with E-state index in [0.717, 1.165) is 21.9 Å². The highest BCUT2D eigenvalue weighted by Crippen LogP contribution is 2.25. The van der Waals surface area contributed by atoms with E-state index in [-0.39, 0.29) is 0 Å². The second-order valence-electron chi connectivity index (χ2n) is 5.25. The average Bonchev–Trinajstić information content (AvgIpc) is 2.62. The second kappa shape index (κ2) is 8.57. The largest absolute Gasteiger partial charge is 0.259 e. The molecule has 1 aromatic heterocycles. The van der Waals surface area contributed by atoms with Gasteiger partial charge >= 0.3 is 0 Å². The minimum atomic E-state index is 0.602. The molecule has 0 aliphatic rings. The maximum Gasteiger partial charge on any atom is 0.176 e. The van der Waals surface area contributed by atoms with E-state index in [1.165, 1.54) is 0 Å². The highest BCUT2D eigenvalue weighted by molar-refractivity contribution is 5.98. The van der Waals surface area contributed by atoms with Crippen molar-refractivity contribution >= 4 is 34.8 Å². The van der Waals surface area contributed by atoms with Crippen molar-refractivity contribution in [2.75, 3.05) is 10.9 Å². The Kier molecular flexibility index (Phi) is 6.19. The van der Waals surface area contributed by atoms with E-state index in [4.69, 9.17) is 0 Å². The second-order valence-corrected chi connectivity index (χ2v) is 5.25. The number of nitrogens with one attached hydrogen (secondary N) is 2. The SMILES string of the molecule is CC=C(C)/C=N/Nc1nnc(N/N=C/C(C)=CC)c2ccccc12. The van der Waals surface area contributed by atoms with Crippen LogP contribution in [0.1, 0.15) is 27.7 Å². The molecule has 0 fully saturated rings. The summed E-state index contributed by atoms with van der Waals surface area (Å²) in [4.78, 5) is 0. The quantitative estimate of drug-likeness (QED) is 0.612. The maximum absolute atomic E-state index is 4.20. The van der Waals surface area contributed by atoms with Crippen LogP contribution in [0.3, 0.4) is 0 Å². The molecule has 0 saturated heterocycles. The van der Waals surface area contributed by atoms with Gasteiger partial charge in [-0.2, -0.15) is 10.2 Å². The lowest BCUT2D eigenvalue weighted by atomic mass is 10.2. The summed E-state index contributed by atoms with van der Waals surface area (Å²) < 4.78 is 0. The molecule has 0 radical (unpaired) electrons. The summed E-state index contributed by atoms with van der Waals surface area (Å²) in [7, 11) is 0. The van der Waals surface area contributed by atoms with Gasteiger partial charge in [-0.15, -0.1) is 10.2 Å². The fraction of sp³-hybridized carbons (Fsp3) is 0.222. The Hall–Kier alpha value is -3.02. The number of aromatic nitrogens is 2. The van der Waals surface area contributed by atoms with Crippen molar-refractivity contribution in [3.8, 4) is 0 Å². The van der Waals surface area contributed by atoms with Gasteiger partial charge in [-0.25, -0.2) is 0 Å². The molecule has 0 amide bonds. The van der Waals surface area contributed by atoms with Crippen LogP contribution in [-0.2, 0) is 0 Å². The third kappa shape index (κ3) is 4.49. The highest BCUT2D eigenvalue weighted by Gasteiger charge is 2.07. The molecular weight excluding hydrogens is 300 g/mol. The molecule has 0 spiro atoms. The molecule has 6 nitrogen and oxygen atoms in total. The summed E-state index contributed by atoms with van der Waals surface area (Å²) in [5.74, 6) is 1.20.